The Hall–Kier alpha value is -2.61. The lowest BCUT2D eigenvalue weighted by Crippen LogP contribution is -2.36. The summed E-state index contributed by atoms with van der Waals surface area (Å²) in [6, 6.07) is 21.9. The molecule has 0 spiro atoms. The fourth-order valence-corrected chi connectivity index (χ4v) is 2.96. The number of aryl methyl sites for hydroxylation is 1. The van der Waals surface area contributed by atoms with Crippen LogP contribution in [0.5, 0.6) is 0 Å². The highest BCUT2D eigenvalue weighted by Gasteiger charge is 2.01. The van der Waals surface area contributed by atoms with Gasteiger partial charge in [0.2, 0.25) is 0 Å². The van der Waals surface area contributed by atoms with Crippen LogP contribution in [0.2, 0.25) is 0 Å². The molecule has 0 fully saturated rings. The molecule has 0 atom stereocenters. The number of nitrogens with zero attached hydrogens (tertiary/aromatic N) is 2. The van der Waals surface area contributed by atoms with Gasteiger partial charge in [-0.25, -0.2) is 0 Å². The Bertz CT molecular complexity index is 996. The fraction of sp³-hybridized carbons (Fsp3) is 0.217. The second-order valence-electron chi connectivity index (χ2n) is 6.75. The number of hydrogen-bond donors (Lipinski definition) is 2. The second kappa shape index (κ2) is 11.4. The van der Waals surface area contributed by atoms with Gasteiger partial charge >= 0.3 is 0 Å². The van der Waals surface area contributed by atoms with Crippen LogP contribution in [0, 0.1) is 6.92 Å². The first-order chi connectivity index (χ1) is 13.6. The molecule has 0 aliphatic heterocycles. The predicted molar refractivity (Wildman–Crippen MR) is 130 cm³/mol. The summed E-state index contributed by atoms with van der Waals surface area (Å²) >= 11 is 0. The molecule has 29 heavy (non-hydrogen) atoms. The van der Waals surface area contributed by atoms with Gasteiger partial charge in [-0.2, -0.15) is 0 Å². The lowest BCUT2D eigenvalue weighted by Gasteiger charge is -2.13. The van der Waals surface area contributed by atoms with E-state index >= 15 is 0 Å². The summed E-state index contributed by atoms with van der Waals surface area (Å²) in [6.45, 7) is 4.08. The van der Waals surface area contributed by atoms with Gasteiger partial charge in [0.1, 0.15) is 0 Å². The van der Waals surface area contributed by atoms with Crippen LogP contribution < -0.4 is 16.2 Å². The summed E-state index contributed by atoms with van der Waals surface area (Å²) in [5.41, 5.74) is 4.74. The zero-order valence-corrected chi connectivity index (χ0v) is 19.1. The molecule has 2 N–H and O–H groups in total. The van der Waals surface area contributed by atoms with Gasteiger partial charge in [-0.3, -0.25) is 9.79 Å². The zero-order chi connectivity index (χ0) is 19.8. The van der Waals surface area contributed by atoms with Crippen LogP contribution >= 0.6 is 24.0 Å². The Balaban J connectivity index is 0.00000300. The molecule has 0 unspecified atom stereocenters. The third kappa shape index (κ3) is 7.05. The van der Waals surface area contributed by atoms with E-state index in [1.165, 1.54) is 11.1 Å². The van der Waals surface area contributed by atoms with Gasteiger partial charge in [0.25, 0.3) is 5.56 Å². The van der Waals surface area contributed by atoms with E-state index in [1.54, 1.807) is 23.7 Å². The van der Waals surface area contributed by atoms with Gasteiger partial charge in [-0.1, -0.05) is 60.2 Å². The molecule has 0 aliphatic carbocycles. The normalized spacial score (nSPS) is 10.9. The van der Waals surface area contributed by atoms with E-state index in [1.807, 2.05) is 12.3 Å². The Kier molecular flexibility index (Phi) is 8.92. The fourth-order valence-electron chi connectivity index (χ4n) is 2.96. The minimum Gasteiger partial charge on any atom is -0.352 e. The molecule has 1 aromatic heterocycles. The highest BCUT2D eigenvalue weighted by atomic mass is 127. The van der Waals surface area contributed by atoms with E-state index in [9.17, 15) is 4.79 Å². The standard InChI is InChI=1S/C23H26N4O.HI/c1-18-6-5-7-21(14-18)16-26-23(24-2)25-15-19-9-11-20(12-10-19)17-27-13-4-3-8-22(27)28;/h3-14H,15-17H2,1-2H3,(H2,24,25,26);1H. The van der Waals surface area contributed by atoms with Crippen LogP contribution in [0.4, 0.5) is 0 Å². The van der Waals surface area contributed by atoms with Gasteiger partial charge in [0.15, 0.2) is 5.96 Å². The number of pyridine rings is 1. The summed E-state index contributed by atoms with van der Waals surface area (Å²) in [7, 11) is 1.77. The summed E-state index contributed by atoms with van der Waals surface area (Å²) in [6.07, 6.45) is 1.81. The number of nitrogens with one attached hydrogen (secondary N) is 2. The van der Waals surface area contributed by atoms with E-state index in [0.29, 0.717) is 13.1 Å². The van der Waals surface area contributed by atoms with Crippen molar-refractivity contribution in [3.05, 3.63) is 106 Å². The molecule has 1 heterocycles. The number of aromatic nitrogens is 1. The van der Waals surface area contributed by atoms with E-state index in [4.69, 9.17) is 0 Å². The van der Waals surface area contributed by atoms with Gasteiger partial charge in [0.05, 0.1) is 6.54 Å². The number of guanidine groups is 1. The van der Waals surface area contributed by atoms with E-state index < -0.39 is 0 Å². The number of halogens is 1. The van der Waals surface area contributed by atoms with Gasteiger partial charge in [0, 0.05) is 32.4 Å². The quantitative estimate of drug-likeness (QED) is 0.307. The molecule has 3 rings (SSSR count). The maximum atomic E-state index is 11.8. The van der Waals surface area contributed by atoms with Crippen molar-refractivity contribution in [1.82, 2.24) is 15.2 Å². The van der Waals surface area contributed by atoms with Crippen molar-refractivity contribution in [2.45, 2.75) is 26.6 Å². The van der Waals surface area contributed by atoms with Crippen LogP contribution in [-0.2, 0) is 19.6 Å². The predicted octanol–water partition coefficient (Wildman–Crippen LogP) is 3.69. The van der Waals surface area contributed by atoms with Crippen molar-refractivity contribution >= 4 is 29.9 Å². The van der Waals surface area contributed by atoms with E-state index in [2.05, 4.69) is 71.1 Å². The van der Waals surface area contributed by atoms with Crippen LogP contribution in [-0.4, -0.2) is 17.6 Å². The molecule has 0 saturated carbocycles. The summed E-state index contributed by atoms with van der Waals surface area (Å²) in [5, 5.41) is 6.67. The van der Waals surface area contributed by atoms with E-state index in [0.717, 1.165) is 23.6 Å². The molecule has 3 aromatic rings. The monoisotopic (exact) mass is 502 g/mol. The Labute approximate surface area is 188 Å². The second-order valence-corrected chi connectivity index (χ2v) is 6.75. The van der Waals surface area contributed by atoms with Crippen molar-refractivity contribution in [1.29, 1.82) is 0 Å². The molecule has 0 saturated heterocycles. The first-order valence-electron chi connectivity index (χ1n) is 9.37. The lowest BCUT2D eigenvalue weighted by atomic mass is 10.1. The zero-order valence-electron chi connectivity index (χ0n) is 16.8. The van der Waals surface area contributed by atoms with E-state index in [-0.39, 0.29) is 29.5 Å². The van der Waals surface area contributed by atoms with Gasteiger partial charge in [-0.15, -0.1) is 24.0 Å². The number of aliphatic imine (C=N–C) groups is 1. The van der Waals surface area contributed by atoms with Crippen molar-refractivity contribution < 1.29 is 0 Å². The smallest absolute Gasteiger partial charge is 0.250 e. The minimum atomic E-state index is 0. The molecule has 0 radical (unpaired) electrons. The summed E-state index contributed by atoms with van der Waals surface area (Å²) < 4.78 is 1.70. The molecule has 6 heteroatoms. The summed E-state index contributed by atoms with van der Waals surface area (Å²) in [5.74, 6) is 0.765. The van der Waals surface area contributed by atoms with Gasteiger partial charge in [-0.05, 0) is 29.7 Å². The topological polar surface area (TPSA) is 58.4 Å². The first kappa shape index (κ1) is 22.7. The Morgan fingerprint density at radius 3 is 2.24 bits per heavy atom. The number of rotatable bonds is 6. The first-order valence-corrected chi connectivity index (χ1v) is 9.37. The maximum absolute atomic E-state index is 11.8. The van der Waals surface area contributed by atoms with Crippen molar-refractivity contribution in [2.75, 3.05) is 7.05 Å². The SMILES string of the molecule is CN=C(NCc1ccc(Cn2ccccc2=O)cc1)NCc1cccc(C)c1.I. The van der Waals surface area contributed by atoms with Crippen molar-refractivity contribution in [2.24, 2.45) is 4.99 Å². The van der Waals surface area contributed by atoms with Crippen LogP contribution in [0.1, 0.15) is 22.3 Å². The molecule has 152 valence electrons. The average Bonchev–Trinajstić information content (AvgIpc) is 2.71. The Morgan fingerprint density at radius 2 is 1.59 bits per heavy atom. The van der Waals surface area contributed by atoms with Crippen molar-refractivity contribution in [3.63, 3.8) is 0 Å². The Morgan fingerprint density at radius 1 is 0.897 bits per heavy atom. The third-order valence-electron chi connectivity index (χ3n) is 4.50. The van der Waals surface area contributed by atoms with Crippen LogP contribution in [0.3, 0.4) is 0 Å². The largest absolute Gasteiger partial charge is 0.352 e. The third-order valence-corrected chi connectivity index (χ3v) is 4.50. The molecular weight excluding hydrogens is 475 g/mol. The highest BCUT2D eigenvalue weighted by molar-refractivity contribution is 14.0. The lowest BCUT2D eigenvalue weighted by molar-refractivity contribution is 0.758. The van der Waals surface area contributed by atoms with Crippen LogP contribution in [0.25, 0.3) is 0 Å². The minimum absolute atomic E-state index is 0. The van der Waals surface area contributed by atoms with Gasteiger partial charge < -0.3 is 15.2 Å². The molecular formula is C23H27IN4O. The molecule has 0 bridgehead atoms. The molecule has 0 aliphatic rings. The average molecular weight is 502 g/mol. The van der Waals surface area contributed by atoms with Crippen molar-refractivity contribution in [3.8, 4) is 0 Å². The molecule has 2 aromatic carbocycles. The number of hydrogen-bond acceptors (Lipinski definition) is 2. The maximum Gasteiger partial charge on any atom is 0.250 e. The summed E-state index contributed by atoms with van der Waals surface area (Å²) in [4.78, 5) is 16.1. The van der Waals surface area contributed by atoms with Crippen LogP contribution in [0.15, 0.2) is 82.7 Å². The molecule has 0 amide bonds. The highest BCUT2D eigenvalue weighted by Crippen LogP contribution is 2.06. The number of benzene rings is 2. The molecule has 5 nitrogen and oxygen atoms in total.